The lowest BCUT2D eigenvalue weighted by Crippen LogP contribution is -2.29. The van der Waals surface area contributed by atoms with Gasteiger partial charge in [-0.2, -0.15) is 10.2 Å². The number of amides is 2. The number of aryl methyl sites for hydroxylation is 2. The third-order valence-corrected chi connectivity index (χ3v) is 8.23. The third-order valence-electron chi connectivity index (χ3n) is 8.23. The number of hydrazone groups is 2. The van der Waals surface area contributed by atoms with Gasteiger partial charge in [-0.1, -0.05) is 42.5 Å². The van der Waals surface area contributed by atoms with Crippen LogP contribution in [0.15, 0.2) is 144 Å². The first kappa shape index (κ1) is 30.0. The van der Waals surface area contributed by atoms with E-state index in [0.29, 0.717) is 11.1 Å². The van der Waals surface area contributed by atoms with E-state index in [2.05, 4.69) is 63.5 Å². The molecule has 4 heterocycles. The Bertz CT molecular complexity index is 2190. The fraction of sp³-hybridized carbons (Fsp3) is 0.0526. The van der Waals surface area contributed by atoms with Gasteiger partial charge in [-0.25, -0.2) is 28.8 Å². The van der Waals surface area contributed by atoms with E-state index in [0.717, 1.165) is 44.9 Å². The van der Waals surface area contributed by atoms with Crippen LogP contribution < -0.4 is 20.0 Å². The first-order chi connectivity index (χ1) is 23.4. The molecule has 7 rings (SSSR count). The fourth-order valence-corrected chi connectivity index (χ4v) is 5.64. The van der Waals surface area contributed by atoms with Crippen LogP contribution in [0.25, 0.3) is 33.8 Å². The number of hydrogen-bond donors (Lipinski definition) is 2. The van der Waals surface area contributed by atoms with Gasteiger partial charge in [0.25, 0.3) is 23.1 Å². The van der Waals surface area contributed by atoms with Gasteiger partial charge in [-0.05, 0) is 65.7 Å². The normalized spacial score (nSPS) is 11.5. The lowest BCUT2D eigenvalue weighted by Gasteiger charge is -2.04. The summed E-state index contributed by atoms with van der Waals surface area (Å²) in [6.07, 6.45) is 11.4. The minimum Gasteiger partial charge on any atom is -0.267 e. The predicted molar refractivity (Wildman–Crippen MR) is 185 cm³/mol. The molecular formula is C38H32N8O2+2. The number of nitrogens with zero attached hydrogens (tertiary/aromatic N) is 6. The summed E-state index contributed by atoms with van der Waals surface area (Å²) in [4.78, 5) is 25.6. The van der Waals surface area contributed by atoms with Crippen LogP contribution in [-0.4, -0.2) is 33.0 Å². The Labute approximate surface area is 276 Å². The number of aromatic nitrogens is 4. The van der Waals surface area contributed by atoms with E-state index >= 15 is 0 Å². The van der Waals surface area contributed by atoms with E-state index in [1.54, 1.807) is 30.6 Å². The molecule has 0 spiro atoms. The first-order valence-electron chi connectivity index (χ1n) is 15.3. The molecule has 0 saturated heterocycles. The third kappa shape index (κ3) is 6.10. The van der Waals surface area contributed by atoms with E-state index in [9.17, 15) is 9.59 Å². The number of pyridine rings is 2. The van der Waals surface area contributed by atoms with Gasteiger partial charge < -0.3 is 0 Å². The molecule has 4 aromatic heterocycles. The second kappa shape index (κ2) is 13.0. The highest BCUT2D eigenvalue weighted by Gasteiger charge is 2.16. The van der Waals surface area contributed by atoms with Crippen molar-refractivity contribution in [2.75, 3.05) is 0 Å². The van der Waals surface area contributed by atoms with E-state index in [-0.39, 0.29) is 0 Å². The van der Waals surface area contributed by atoms with Crippen molar-refractivity contribution in [2.45, 2.75) is 0 Å². The topological polar surface area (TPSA) is 99.5 Å². The van der Waals surface area contributed by atoms with Crippen molar-refractivity contribution >= 4 is 35.5 Å². The smallest absolute Gasteiger partial charge is 0.267 e. The average Bonchev–Trinajstić information content (AvgIpc) is 3.65. The van der Waals surface area contributed by atoms with Crippen molar-refractivity contribution in [3.63, 3.8) is 0 Å². The van der Waals surface area contributed by atoms with E-state index < -0.39 is 11.8 Å². The van der Waals surface area contributed by atoms with Crippen LogP contribution in [0.5, 0.6) is 0 Å². The van der Waals surface area contributed by atoms with Crippen LogP contribution in [0.4, 0.5) is 0 Å². The number of nitrogens with one attached hydrogen (secondary N) is 2. The van der Waals surface area contributed by atoms with Gasteiger partial charge in [0, 0.05) is 34.4 Å². The number of carbonyl (C=O) groups excluding carboxylic acids is 2. The average molecular weight is 633 g/mol. The van der Waals surface area contributed by atoms with Gasteiger partial charge in [0.15, 0.2) is 11.4 Å². The Hall–Kier alpha value is -6.68. The van der Waals surface area contributed by atoms with Crippen LogP contribution in [0.2, 0.25) is 0 Å². The largest absolute Gasteiger partial charge is 0.286 e. The monoisotopic (exact) mass is 632 g/mol. The summed E-state index contributed by atoms with van der Waals surface area (Å²) < 4.78 is 8.43. The molecule has 2 N–H and O–H groups in total. The SMILES string of the molecule is C[n+]1c(-c2ccc(/C=N\NC(=O)c3cccc(C(=O)N/N=C\c4ccc(-c5cn6ccccc6[n+]5C)cc4)c3)cc2)cn2ccccc21. The highest BCUT2D eigenvalue weighted by atomic mass is 16.2. The van der Waals surface area contributed by atoms with Crippen LogP contribution in [0, 0.1) is 0 Å². The summed E-state index contributed by atoms with van der Waals surface area (Å²) in [5.41, 5.74) is 13.8. The Morgan fingerprint density at radius 1 is 0.583 bits per heavy atom. The summed E-state index contributed by atoms with van der Waals surface area (Å²) in [6, 6.07) is 34.4. The number of carbonyl (C=O) groups is 2. The van der Waals surface area contributed by atoms with Crippen LogP contribution in [-0.2, 0) is 14.1 Å². The maximum Gasteiger partial charge on any atom is 0.286 e. The van der Waals surface area contributed by atoms with Crippen molar-refractivity contribution in [1.82, 2.24) is 19.7 Å². The fourth-order valence-electron chi connectivity index (χ4n) is 5.64. The molecule has 0 saturated carbocycles. The predicted octanol–water partition coefficient (Wildman–Crippen LogP) is 4.70. The van der Waals surface area contributed by atoms with Crippen molar-refractivity contribution in [3.8, 4) is 22.5 Å². The molecule has 0 bridgehead atoms. The first-order valence-corrected chi connectivity index (χ1v) is 15.3. The number of imidazole rings is 2. The molecule has 7 aromatic rings. The van der Waals surface area contributed by atoms with Crippen molar-refractivity contribution in [1.29, 1.82) is 0 Å². The molecule has 10 heteroatoms. The molecule has 10 nitrogen and oxygen atoms in total. The Morgan fingerprint density at radius 2 is 1.02 bits per heavy atom. The Morgan fingerprint density at radius 3 is 1.44 bits per heavy atom. The second-order valence-electron chi connectivity index (χ2n) is 11.3. The van der Waals surface area contributed by atoms with Gasteiger partial charge in [0.2, 0.25) is 0 Å². The minimum atomic E-state index is -0.432. The molecule has 234 valence electrons. The molecule has 0 aliphatic carbocycles. The minimum absolute atomic E-state index is 0.300. The molecule has 0 unspecified atom stereocenters. The molecule has 0 radical (unpaired) electrons. The number of rotatable bonds is 8. The van der Waals surface area contributed by atoms with Crippen molar-refractivity contribution in [3.05, 3.63) is 156 Å². The highest BCUT2D eigenvalue weighted by Crippen LogP contribution is 2.19. The molecule has 0 aliphatic rings. The van der Waals surface area contributed by atoms with Gasteiger partial charge >= 0.3 is 0 Å². The Balaban J connectivity index is 0.940. The van der Waals surface area contributed by atoms with Crippen molar-refractivity contribution < 1.29 is 18.7 Å². The summed E-state index contributed by atoms with van der Waals surface area (Å²) in [6.45, 7) is 0. The summed E-state index contributed by atoms with van der Waals surface area (Å²) in [5, 5.41) is 8.22. The maximum absolute atomic E-state index is 12.8. The molecule has 0 atom stereocenters. The van der Waals surface area contributed by atoms with E-state index in [1.165, 1.54) is 6.07 Å². The highest BCUT2D eigenvalue weighted by molar-refractivity contribution is 6.00. The standard InChI is InChI=1S/C38H30N8O2/c1-43-33(25-45-20-5-3-10-35(43)45)29-16-12-27(13-17-29)23-39-41-37(47)31-8-7-9-32(22-31)38(48)42-40-24-28-14-18-30(19-15-28)34-26-46-21-6-4-11-36(46)44(34)2/h3-26H,1-2H3/p+2/b39-23-,40-24-. The van der Waals surface area contributed by atoms with Crippen LogP contribution >= 0.6 is 0 Å². The van der Waals surface area contributed by atoms with Gasteiger partial charge in [-0.15, -0.1) is 0 Å². The molecule has 2 amide bonds. The van der Waals surface area contributed by atoms with Gasteiger partial charge in [-0.3, -0.25) is 9.59 Å². The van der Waals surface area contributed by atoms with Crippen molar-refractivity contribution in [2.24, 2.45) is 24.3 Å². The quantitative estimate of drug-likeness (QED) is 0.144. The summed E-state index contributed by atoms with van der Waals surface area (Å²) >= 11 is 0. The van der Waals surface area contributed by atoms with Crippen LogP contribution in [0.3, 0.4) is 0 Å². The lowest BCUT2D eigenvalue weighted by atomic mass is 10.1. The van der Waals surface area contributed by atoms with Gasteiger partial charge in [0.05, 0.1) is 38.9 Å². The van der Waals surface area contributed by atoms with E-state index in [1.807, 2.05) is 99.3 Å². The second-order valence-corrected chi connectivity index (χ2v) is 11.3. The molecule has 0 fully saturated rings. The molecule has 0 aliphatic heterocycles. The van der Waals surface area contributed by atoms with Gasteiger partial charge in [0.1, 0.15) is 12.4 Å². The number of fused-ring (bicyclic) bond motifs is 2. The maximum atomic E-state index is 12.8. The zero-order valence-corrected chi connectivity index (χ0v) is 26.4. The summed E-state index contributed by atoms with van der Waals surface area (Å²) in [5.74, 6) is -0.865. The summed E-state index contributed by atoms with van der Waals surface area (Å²) in [7, 11) is 4.07. The molecule has 3 aromatic carbocycles. The zero-order chi connectivity index (χ0) is 33.0. The number of hydrogen-bond acceptors (Lipinski definition) is 4. The molecular weight excluding hydrogens is 600 g/mol. The zero-order valence-electron chi connectivity index (χ0n) is 26.4. The number of benzene rings is 3. The van der Waals surface area contributed by atoms with E-state index in [4.69, 9.17) is 0 Å². The lowest BCUT2D eigenvalue weighted by molar-refractivity contribution is -0.633. The Kier molecular flexibility index (Phi) is 8.11. The molecule has 48 heavy (non-hydrogen) atoms. The van der Waals surface area contributed by atoms with Crippen LogP contribution in [0.1, 0.15) is 31.8 Å².